The number of hydrogen-bond donors (Lipinski definition) is 2. The Labute approximate surface area is 135 Å². The summed E-state index contributed by atoms with van der Waals surface area (Å²) in [6.07, 6.45) is 1.08. The predicted octanol–water partition coefficient (Wildman–Crippen LogP) is 2.82. The van der Waals surface area contributed by atoms with Gasteiger partial charge in [0.25, 0.3) is 0 Å². The van der Waals surface area contributed by atoms with Crippen LogP contribution in [0.3, 0.4) is 0 Å². The molecule has 0 aliphatic heterocycles. The van der Waals surface area contributed by atoms with Crippen LogP contribution in [-0.2, 0) is 10.0 Å². The molecule has 0 aliphatic carbocycles. The molecule has 0 radical (unpaired) electrons. The van der Waals surface area contributed by atoms with Crippen LogP contribution in [0.2, 0.25) is 0 Å². The topological polar surface area (TPSA) is 87.1 Å². The molecule has 2 aromatic carbocycles. The van der Waals surface area contributed by atoms with Gasteiger partial charge in [0.15, 0.2) is 11.5 Å². The Morgan fingerprint density at radius 1 is 1.00 bits per heavy atom. The Bertz CT molecular complexity index is 846. The highest BCUT2D eigenvalue weighted by atomic mass is 32.2. The van der Waals surface area contributed by atoms with Gasteiger partial charge in [-0.3, -0.25) is 0 Å². The summed E-state index contributed by atoms with van der Waals surface area (Å²) >= 11 is 0. The summed E-state index contributed by atoms with van der Waals surface area (Å²) in [6, 6.07) is 7.33. The number of aryl methyl sites for hydroxylation is 2. The summed E-state index contributed by atoms with van der Waals surface area (Å²) in [5, 5.41) is 19.1. The van der Waals surface area contributed by atoms with Crippen molar-refractivity contribution in [1.29, 1.82) is 0 Å². The molecular formula is C16H19NO5S. The molecule has 2 N–H and O–H groups in total. The van der Waals surface area contributed by atoms with E-state index in [4.69, 9.17) is 4.74 Å². The van der Waals surface area contributed by atoms with Crippen molar-refractivity contribution in [3.8, 4) is 17.2 Å². The van der Waals surface area contributed by atoms with Crippen molar-refractivity contribution >= 4 is 21.4 Å². The van der Waals surface area contributed by atoms with Gasteiger partial charge >= 0.3 is 0 Å². The Kier molecular flexibility index (Phi) is 4.42. The second-order valence-electron chi connectivity index (χ2n) is 5.31. The standard InChI is InChI=1S/C16H19NO5S/c1-10-8-16(22-3)11(2)7-13(10)17(23(4,20)21)12-5-6-14(18)15(19)9-12/h5-9,18-19H,1-4H3. The van der Waals surface area contributed by atoms with Crippen molar-refractivity contribution in [1.82, 2.24) is 0 Å². The molecule has 0 saturated carbocycles. The molecule has 2 rings (SSSR count). The maximum Gasteiger partial charge on any atom is 0.236 e. The molecule has 0 unspecified atom stereocenters. The fourth-order valence-corrected chi connectivity index (χ4v) is 3.41. The molecule has 0 spiro atoms. The first kappa shape index (κ1) is 17.0. The van der Waals surface area contributed by atoms with E-state index < -0.39 is 10.0 Å². The lowest BCUT2D eigenvalue weighted by atomic mass is 10.1. The van der Waals surface area contributed by atoms with E-state index in [1.54, 1.807) is 26.2 Å². The third kappa shape index (κ3) is 3.34. The Morgan fingerprint density at radius 2 is 1.65 bits per heavy atom. The molecule has 2 aromatic rings. The summed E-state index contributed by atoms with van der Waals surface area (Å²) in [5.74, 6) is -0.0443. The summed E-state index contributed by atoms with van der Waals surface area (Å²) in [5.41, 5.74) is 2.17. The van der Waals surface area contributed by atoms with Crippen LogP contribution in [0.25, 0.3) is 0 Å². The van der Waals surface area contributed by atoms with Crippen molar-refractivity contribution < 1.29 is 23.4 Å². The van der Waals surface area contributed by atoms with Gasteiger partial charge in [0.05, 0.1) is 24.7 Å². The molecule has 0 amide bonds. The zero-order chi connectivity index (χ0) is 17.4. The van der Waals surface area contributed by atoms with Crippen LogP contribution in [0.5, 0.6) is 17.2 Å². The number of aromatic hydroxyl groups is 2. The molecule has 6 nitrogen and oxygen atoms in total. The highest BCUT2D eigenvalue weighted by molar-refractivity contribution is 7.92. The highest BCUT2D eigenvalue weighted by Gasteiger charge is 2.23. The number of hydrogen-bond acceptors (Lipinski definition) is 5. The average Bonchev–Trinajstić information content (AvgIpc) is 2.45. The molecule has 23 heavy (non-hydrogen) atoms. The number of sulfonamides is 1. The summed E-state index contributed by atoms with van der Waals surface area (Å²) in [7, 11) is -2.11. The van der Waals surface area contributed by atoms with Gasteiger partial charge in [0.1, 0.15) is 5.75 Å². The Balaban J connectivity index is 2.70. The lowest BCUT2D eigenvalue weighted by Gasteiger charge is -2.25. The first-order chi connectivity index (χ1) is 10.6. The van der Waals surface area contributed by atoms with E-state index in [2.05, 4.69) is 0 Å². The fraction of sp³-hybridized carbons (Fsp3) is 0.250. The lowest BCUT2D eigenvalue weighted by Crippen LogP contribution is -2.25. The van der Waals surface area contributed by atoms with Crippen LogP contribution < -0.4 is 9.04 Å². The molecule has 0 heterocycles. The second kappa shape index (κ2) is 6.00. The van der Waals surface area contributed by atoms with E-state index in [0.717, 1.165) is 16.1 Å². The minimum Gasteiger partial charge on any atom is -0.504 e. The first-order valence-electron chi connectivity index (χ1n) is 6.82. The lowest BCUT2D eigenvalue weighted by molar-refractivity contribution is 0.404. The number of phenols is 2. The molecule has 0 fully saturated rings. The van der Waals surface area contributed by atoms with Crippen LogP contribution in [0, 0.1) is 13.8 Å². The van der Waals surface area contributed by atoms with E-state index in [0.29, 0.717) is 17.0 Å². The van der Waals surface area contributed by atoms with Gasteiger partial charge in [-0.05, 0) is 49.2 Å². The van der Waals surface area contributed by atoms with Crippen LogP contribution in [0.1, 0.15) is 11.1 Å². The normalized spacial score (nSPS) is 11.3. The minimum atomic E-state index is -3.66. The quantitative estimate of drug-likeness (QED) is 0.838. The third-order valence-corrected chi connectivity index (χ3v) is 4.53. The van der Waals surface area contributed by atoms with Crippen LogP contribution in [0.4, 0.5) is 11.4 Å². The maximum atomic E-state index is 12.3. The van der Waals surface area contributed by atoms with Gasteiger partial charge in [-0.2, -0.15) is 0 Å². The molecule has 124 valence electrons. The molecule has 0 aromatic heterocycles. The highest BCUT2D eigenvalue weighted by Crippen LogP contribution is 2.38. The molecule has 0 atom stereocenters. The van der Waals surface area contributed by atoms with Crippen molar-refractivity contribution in [3.63, 3.8) is 0 Å². The maximum absolute atomic E-state index is 12.3. The number of anilines is 2. The Morgan fingerprint density at radius 3 is 2.17 bits per heavy atom. The van der Waals surface area contributed by atoms with Crippen LogP contribution >= 0.6 is 0 Å². The zero-order valence-electron chi connectivity index (χ0n) is 13.4. The van der Waals surface area contributed by atoms with E-state index in [1.807, 2.05) is 6.92 Å². The van der Waals surface area contributed by atoms with Crippen molar-refractivity contribution in [2.24, 2.45) is 0 Å². The van der Waals surface area contributed by atoms with Gasteiger partial charge in [-0.1, -0.05) is 0 Å². The number of rotatable bonds is 4. The predicted molar refractivity (Wildman–Crippen MR) is 89.2 cm³/mol. The average molecular weight is 337 g/mol. The Hall–Kier alpha value is -2.41. The number of phenolic OH excluding ortho intramolecular Hbond substituents is 2. The number of benzene rings is 2. The molecule has 7 heteroatoms. The zero-order valence-corrected chi connectivity index (χ0v) is 14.2. The molecule has 0 saturated heterocycles. The van der Waals surface area contributed by atoms with E-state index in [9.17, 15) is 18.6 Å². The van der Waals surface area contributed by atoms with Gasteiger partial charge < -0.3 is 14.9 Å². The summed E-state index contributed by atoms with van der Waals surface area (Å²) in [6.45, 7) is 3.59. The monoisotopic (exact) mass is 337 g/mol. The van der Waals surface area contributed by atoms with Gasteiger partial charge in [0.2, 0.25) is 10.0 Å². The smallest absolute Gasteiger partial charge is 0.236 e. The number of nitrogens with zero attached hydrogens (tertiary/aromatic N) is 1. The molecular weight excluding hydrogens is 318 g/mol. The van der Waals surface area contributed by atoms with Crippen molar-refractivity contribution in [2.45, 2.75) is 13.8 Å². The SMILES string of the molecule is COc1cc(C)c(N(c2ccc(O)c(O)c2)S(C)(=O)=O)cc1C. The number of methoxy groups -OCH3 is 1. The van der Waals surface area contributed by atoms with Crippen molar-refractivity contribution in [3.05, 3.63) is 41.5 Å². The van der Waals surface area contributed by atoms with Gasteiger partial charge in [0, 0.05) is 6.07 Å². The van der Waals surface area contributed by atoms with Gasteiger partial charge in [-0.15, -0.1) is 0 Å². The van der Waals surface area contributed by atoms with E-state index >= 15 is 0 Å². The minimum absolute atomic E-state index is 0.232. The van der Waals surface area contributed by atoms with Crippen LogP contribution in [-0.4, -0.2) is 32.0 Å². The molecule has 0 bridgehead atoms. The van der Waals surface area contributed by atoms with Crippen LogP contribution in [0.15, 0.2) is 30.3 Å². The summed E-state index contributed by atoms with van der Waals surface area (Å²) in [4.78, 5) is 0. The second-order valence-corrected chi connectivity index (χ2v) is 7.14. The fourth-order valence-electron chi connectivity index (χ4n) is 2.36. The third-order valence-electron chi connectivity index (χ3n) is 3.46. The van der Waals surface area contributed by atoms with Gasteiger partial charge in [-0.25, -0.2) is 12.7 Å². The van der Waals surface area contributed by atoms with Crippen molar-refractivity contribution in [2.75, 3.05) is 17.7 Å². The first-order valence-corrected chi connectivity index (χ1v) is 8.67. The summed E-state index contributed by atoms with van der Waals surface area (Å²) < 4.78 is 31.0. The number of ether oxygens (including phenoxy) is 1. The van der Waals surface area contributed by atoms with E-state index in [-0.39, 0.29) is 17.2 Å². The largest absolute Gasteiger partial charge is 0.504 e. The van der Waals surface area contributed by atoms with E-state index in [1.165, 1.54) is 18.2 Å². The molecule has 0 aliphatic rings.